The molecule has 0 aliphatic rings. The monoisotopic (exact) mass is 283 g/mol. The fourth-order valence-electron chi connectivity index (χ4n) is 2.09. The molecule has 1 aromatic rings. The largest absolute Gasteiger partial charge is 0.396 e. The lowest BCUT2D eigenvalue weighted by Crippen LogP contribution is -2.45. The van der Waals surface area contributed by atoms with Crippen LogP contribution in [0.2, 0.25) is 6.04 Å². The molecule has 0 aliphatic carbocycles. The molecule has 4 nitrogen and oxygen atoms in total. The van der Waals surface area contributed by atoms with Gasteiger partial charge in [0.05, 0.1) is 6.23 Å². The maximum absolute atomic E-state index is 9.38. The summed E-state index contributed by atoms with van der Waals surface area (Å²) >= 11 is 0. The molecule has 0 bridgehead atoms. The van der Waals surface area contributed by atoms with Gasteiger partial charge in [-0.2, -0.15) is 0 Å². The van der Waals surface area contributed by atoms with Crippen molar-refractivity contribution in [3.05, 3.63) is 35.9 Å². The van der Waals surface area contributed by atoms with Crippen molar-refractivity contribution in [1.29, 1.82) is 0 Å². The van der Waals surface area contributed by atoms with Crippen LogP contribution in [-0.2, 0) is 15.4 Å². The van der Waals surface area contributed by atoms with Gasteiger partial charge in [0.15, 0.2) is 0 Å². The number of hydrogen-bond acceptors (Lipinski definition) is 4. The van der Waals surface area contributed by atoms with Gasteiger partial charge in [0.2, 0.25) is 0 Å². The summed E-state index contributed by atoms with van der Waals surface area (Å²) in [5.74, 6) is 0. The lowest BCUT2D eigenvalue weighted by molar-refractivity contribution is 0.193. The van der Waals surface area contributed by atoms with Crippen molar-refractivity contribution >= 4 is 8.56 Å². The van der Waals surface area contributed by atoms with E-state index in [9.17, 15) is 5.11 Å². The Morgan fingerprint density at radius 3 is 2.32 bits per heavy atom. The number of nitrogens with zero attached hydrogens (tertiary/aromatic N) is 1. The Kier molecular flexibility index (Phi) is 7.26. The van der Waals surface area contributed by atoms with Gasteiger partial charge in [-0.3, -0.25) is 0 Å². The number of aliphatic hydroxyl groups is 1. The zero-order valence-corrected chi connectivity index (χ0v) is 13.1. The number of aliphatic hydroxyl groups excluding tert-OH is 1. The Labute approximate surface area is 117 Å². The van der Waals surface area contributed by atoms with Crippen molar-refractivity contribution in [2.75, 3.05) is 34.0 Å². The molecule has 5 heteroatoms. The SMILES string of the molecule is CO[Si](CO)(CCCN(C)Cc1ccccc1)OC. The Morgan fingerprint density at radius 1 is 1.16 bits per heavy atom. The van der Waals surface area contributed by atoms with Crippen LogP contribution >= 0.6 is 0 Å². The van der Waals surface area contributed by atoms with Gasteiger partial charge in [-0.25, -0.2) is 0 Å². The molecule has 0 atom stereocenters. The summed E-state index contributed by atoms with van der Waals surface area (Å²) in [6.45, 7) is 1.91. The van der Waals surface area contributed by atoms with Gasteiger partial charge in [-0.05, 0) is 31.6 Å². The molecule has 0 aromatic heterocycles. The molecule has 1 rings (SSSR count). The van der Waals surface area contributed by atoms with Crippen LogP contribution in [0.5, 0.6) is 0 Å². The normalized spacial score (nSPS) is 12.1. The highest BCUT2D eigenvalue weighted by atomic mass is 28.4. The second-order valence-electron chi connectivity index (χ2n) is 4.80. The third-order valence-corrected chi connectivity index (χ3v) is 6.46. The van der Waals surface area contributed by atoms with Gasteiger partial charge in [0.25, 0.3) is 0 Å². The fraction of sp³-hybridized carbons (Fsp3) is 0.571. The van der Waals surface area contributed by atoms with E-state index in [2.05, 4.69) is 36.2 Å². The molecule has 19 heavy (non-hydrogen) atoms. The zero-order chi connectivity index (χ0) is 14.1. The van der Waals surface area contributed by atoms with Crippen LogP contribution < -0.4 is 0 Å². The third-order valence-electron chi connectivity index (χ3n) is 3.38. The van der Waals surface area contributed by atoms with Crippen molar-refractivity contribution in [2.45, 2.75) is 19.0 Å². The lowest BCUT2D eigenvalue weighted by atomic mass is 10.2. The average molecular weight is 283 g/mol. The molecular weight excluding hydrogens is 258 g/mol. The minimum absolute atomic E-state index is 0.0163. The molecule has 0 amide bonds. The molecule has 108 valence electrons. The first-order valence-corrected chi connectivity index (χ1v) is 8.82. The molecule has 0 fully saturated rings. The standard InChI is InChI=1S/C14H25NO3Si/c1-15(12-14-8-5-4-6-9-14)10-7-11-19(13-16,17-2)18-3/h4-6,8-9,16H,7,10-13H2,1-3H3. The number of hydrogen-bond donors (Lipinski definition) is 1. The van der Waals surface area contributed by atoms with Gasteiger partial charge in [-0.1, -0.05) is 30.3 Å². The predicted molar refractivity (Wildman–Crippen MR) is 79.1 cm³/mol. The number of rotatable bonds is 9. The molecule has 0 spiro atoms. The summed E-state index contributed by atoms with van der Waals surface area (Å²) in [5, 5.41) is 9.38. The van der Waals surface area contributed by atoms with Crippen molar-refractivity contribution in [3.8, 4) is 0 Å². The van der Waals surface area contributed by atoms with Gasteiger partial charge in [-0.15, -0.1) is 0 Å². The summed E-state index contributed by atoms with van der Waals surface area (Å²) < 4.78 is 10.8. The summed E-state index contributed by atoms with van der Waals surface area (Å²) in [7, 11) is 3.01. The van der Waals surface area contributed by atoms with E-state index in [1.54, 1.807) is 14.2 Å². The maximum atomic E-state index is 9.38. The van der Waals surface area contributed by atoms with E-state index in [0.29, 0.717) is 0 Å². The van der Waals surface area contributed by atoms with E-state index < -0.39 is 8.56 Å². The van der Waals surface area contributed by atoms with Crippen LogP contribution in [0.25, 0.3) is 0 Å². The van der Waals surface area contributed by atoms with Crippen LogP contribution in [0, 0.1) is 0 Å². The first-order valence-electron chi connectivity index (χ1n) is 6.59. The van der Waals surface area contributed by atoms with Crippen LogP contribution in [0.3, 0.4) is 0 Å². The van der Waals surface area contributed by atoms with E-state index in [1.165, 1.54) is 5.56 Å². The summed E-state index contributed by atoms with van der Waals surface area (Å²) in [4.78, 5) is 2.27. The van der Waals surface area contributed by atoms with Crippen molar-refractivity contribution < 1.29 is 14.0 Å². The van der Waals surface area contributed by atoms with Crippen LogP contribution in [0.4, 0.5) is 0 Å². The minimum Gasteiger partial charge on any atom is -0.396 e. The molecular formula is C14H25NO3Si. The Hall–Kier alpha value is -0.723. The Bertz CT molecular complexity index is 336. The molecule has 0 saturated carbocycles. The highest BCUT2D eigenvalue weighted by Gasteiger charge is 2.34. The van der Waals surface area contributed by atoms with Gasteiger partial charge < -0.3 is 18.9 Å². The smallest absolute Gasteiger partial charge is 0.364 e. The zero-order valence-electron chi connectivity index (χ0n) is 12.1. The second-order valence-corrected chi connectivity index (χ2v) is 8.26. The molecule has 0 heterocycles. The maximum Gasteiger partial charge on any atom is 0.364 e. The van der Waals surface area contributed by atoms with Crippen LogP contribution in [0.15, 0.2) is 30.3 Å². The third kappa shape index (κ3) is 5.42. The van der Waals surface area contributed by atoms with E-state index in [1.807, 2.05) is 6.07 Å². The van der Waals surface area contributed by atoms with E-state index in [4.69, 9.17) is 8.85 Å². The second kappa shape index (κ2) is 8.45. The molecule has 0 unspecified atom stereocenters. The van der Waals surface area contributed by atoms with E-state index in [0.717, 1.165) is 25.6 Å². The topological polar surface area (TPSA) is 41.9 Å². The first kappa shape index (κ1) is 16.3. The first-order chi connectivity index (χ1) is 9.15. The van der Waals surface area contributed by atoms with Crippen molar-refractivity contribution in [3.63, 3.8) is 0 Å². The molecule has 0 aliphatic heterocycles. The van der Waals surface area contributed by atoms with E-state index in [-0.39, 0.29) is 6.23 Å². The van der Waals surface area contributed by atoms with Crippen LogP contribution in [0.1, 0.15) is 12.0 Å². The quantitative estimate of drug-likeness (QED) is 0.702. The fourth-order valence-corrected chi connectivity index (χ4v) is 3.78. The number of benzene rings is 1. The summed E-state index contributed by atoms with van der Waals surface area (Å²) in [5.41, 5.74) is 1.31. The minimum atomic E-state index is -2.35. The Morgan fingerprint density at radius 2 is 1.79 bits per heavy atom. The highest BCUT2D eigenvalue weighted by molar-refractivity contribution is 6.67. The lowest BCUT2D eigenvalue weighted by Gasteiger charge is -2.26. The molecule has 1 N–H and O–H groups in total. The average Bonchev–Trinajstić information content (AvgIpc) is 2.45. The summed E-state index contributed by atoms with van der Waals surface area (Å²) in [6, 6.07) is 11.2. The summed E-state index contributed by atoms with van der Waals surface area (Å²) in [6.07, 6.45) is 0.986. The van der Waals surface area contributed by atoms with Crippen molar-refractivity contribution in [2.24, 2.45) is 0 Å². The van der Waals surface area contributed by atoms with Crippen LogP contribution in [-0.4, -0.2) is 52.6 Å². The Balaban J connectivity index is 2.32. The highest BCUT2D eigenvalue weighted by Crippen LogP contribution is 2.14. The molecule has 0 radical (unpaired) electrons. The van der Waals surface area contributed by atoms with Crippen molar-refractivity contribution in [1.82, 2.24) is 4.90 Å². The molecule has 1 aromatic carbocycles. The van der Waals surface area contributed by atoms with Gasteiger partial charge in [0, 0.05) is 20.8 Å². The molecule has 0 saturated heterocycles. The predicted octanol–water partition coefficient (Wildman–Crippen LogP) is 1.77. The van der Waals surface area contributed by atoms with Gasteiger partial charge in [0.1, 0.15) is 0 Å². The van der Waals surface area contributed by atoms with Gasteiger partial charge >= 0.3 is 8.56 Å². The van der Waals surface area contributed by atoms with E-state index >= 15 is 0 Å².